The van der Waals surface area contributed by atoms with Crippen LogP contribution in [0, 0.1) is 0 Å². The van der Waals surface area contributed by atoms with Crippen LogP contribution in [0.15, 0.2) is 5.16 Å². The Morgan fingerprint density at radius 1 is 1.67 bits per heavy atom. The lowest BCUT2D eigenvalue weighted by molar-refractivity contribution is -0.120. The van der Waals surface area contributed by atoms with Crippen LogP contribution >= 0.6 is 11.8 Å². The average molecular weight is 230 g/mol. The summed E-state index contributed by atoms with van der Waals surface area (Å²) in [6.07, 6.45) is 0.653. The van der Waals surface area contributed by atoms with Gasteiger partial charge in [-0.15, -0.1) is 10.2 Å². The van der Waals surface area contributed by atoms with Crippen LogP contribution < -0.4 is 17.0 Å². The second-order valence-corrected chi connectivity index (χ2v) is 4.09. The van der Waals surface area contributed by atoms with Gasteiger partial charge in [0, 0.05) is 7.05 Å². The van der Waals surface area contributed by atoms with Gasteiger partial charge < -0.3 is 5.73 Å². The van der Waals surface area contributed by atoms with Crippen LogP contribution in [0.5, 0.6) is 0 Å². The zero-order valence-corrected chi connectivity index (χ0v) is 9.41. The number of hydrazine groups is 1. The third kappa shape index (κ3) is 2.60. The smallest absolute Gasteiger partial charge is 0.247 e. The summed E-state index contributed by atoms with van der Waals surface area (Å²) in [6, 6.07) is 0. The normalized spacial score (nSPS) is 12.5. The quantitative estimate of drug-likeness (QED) is 0.272. The van der Waals surface area contributed by atoms with E-state index in [9.17, 15) is 4.79 Å². The molecule has 0 aromatic carbocycles. The second kappa shape index (κ2) is 4.99. The van der Waals surface area contributed by atoms with Crippen molar-refractivity contribution in [3.05, 3.63) is 0 Å². The van der Waals surface area contributed by atoms with Crippen LogP contribution in [-0.2, 0) is 11.8 Å². The molecule has 1 atom stereocenters. The van der Waals surface area contributed by atoms with Crippen molar-refractivity contribution in [3.63, 3.8) is 0 Å². The van der Waals surface area contributed by atoms with Crippen LogP contribution in [0.4, 0.5) is 5.95 Å². The first-order valence-electron chi connectivity index (χ1n) is 4.42. The second-order valence-electron chi connectivity index (χ2n) is 2.92. The third-order valence-electron chi connectivity index (χ3n) is 1.92. The Morgan fingerprint density at radius 2 is 2.33 bits per heavy atom. The maximum absolute atomic E-state index is 11.3. The van der Waals surface area contributed by atoms with Crippen molar-refractivity contribution >= 4 is 23.6 Å². The number of amides is 1. The van der Waals surface area contributed by atoms with Crippen molar-refractivity contribution < 1.29 is 4.79 Å². The van der Waals surface area contributed by atoms with Crippen molar-refractivity contribution in [1.82, 2.24) is 20.2 Å². The zero-order valence-electron chi connectivity index (χ0n) is 8.60. The molecule has 84 valence electrons. The molecule has 1 rings (SSSR count). The van der Waals surface area contributed by atoms with E-state index in [4.69, 9.17) is 11.6 Å². The number of nitrogens with zero attached hydrogens (tertiary/aromatic N) is 3. The van der Waals surface area contributed by atoms with E-state index >= 15 is 0 Å². The fourth-order valence-corrected chi connectivity index (χ4v) is 1.91. The van der Waals surface area contributed by atoms with E-state index in [1.165, 1.54) is 11.8 Å². The molecule has 0 aliphatic heterocycles. The number of aromatic nitrogens is 3. The predicted octanol–water partition coefficient (Wildman–Crippen LogP) is -0.742. The summed E-state index contributed by atoms with van der Waals surface area (Å²) in [4.78, 5) is 11.3. The summed E-state index contributed by atoms with van der Waals surface area (Å²) >= 11 is 1.29. The summed E-state index contributed by atoms with van der Waals surface area (Å²) in [7, 11) is 1.74. The van der Waals surface area contributed by atoms with Gasteiger partial charge >= 0.3 is 0 Å². The Balaban J connectivity index is 2.75. The van der Waals surface area contributed by atoms with E-state index in [0.29, 0.717) is 17.5 Å². The van der Waals surface area contributed by atoms with Gasteiger partial charge in [-0.25, -0.2) is 5.84 Å². The summed E-state index contributed by atoms with van der Waals surface area (Å²) < 4.78 is 1.62. The molecule has 0 spiro atoms. The molecule has 1 unspecified atom stereocenters. The number of rotatable bonds is 4. The summed E-state index contributed by atoms with van der Waals surface area (Å²) in [5.74, 6) is 5.15. The number of anilines is 1. The molecule has 1 heterocycles. The van der Waals surface area contributed by atoms with Gasteiger partial charge in [0.15, 0.2) is 5.16 Å². The number of hydrogen-bond acceptors (Lipinski definition) is 6. The minimum Gasteiger partial charge on any atom is -0.368 e. The number of nitrogens with two attached hydrogens (primary N) is 2. The van der Waals surface area contributed by atoms with Crippen molar-refractivity contribution in [3.8, 4) is 0 Å². The highest BCUT2D eigenvalue weighted by Gasteiger charge is 2.19. The molecule has 0 bridgehead atoms. The molecular formula is C7H14N6OS. The average Bonchev–Trinajstić information content (AvgIpc) is 2.56. The summed E-state index contributed by atoms with van der Waals surface area (Å²) in [5.41, 5.74) is 7.63. The molecule has 8 heteroatoms. The molecule has 0 aliphatic rings. The van der Waals surface area contributed by atoms with Gasteiger partial charge in [0.2, 0.25) is 11.9 Å². The molecule has 5 N–H and O–H groups in total. The van der Waals surface area contributed by atoms with Crippen LogP contribution in [0.1, 0.15) is 13.3 Å². The fourth-order valence-electron chi connectivity index (χ4n) is 0.971. The van der Waals surface area contributed by atoms with E-state index in [1.807, 2.05) is 6.92 Å². The third-order valence-corrected chi connectivity index (χ3v) is 3.32. The molecule has 0 aliphatic carbocycles. The van der Waals surface area contributed by atoms with E-state index < -0.39 is 0 Å². The van der Waals surface area contributed by atoms with Crippen LogP contribution in [0.25, 0.3) is 0 Å². The summed E-state index contributed by atoms with van der Waals surface area (Å²) in [6.45, 7) is 1.90. The highest BCUT2D eigenvalue weighted by atomic mass is 32.2. The van der Waals surface area contributed by atoms with Gasteiger partial charge in [0.05, 0.1) is 5.25 Å². The molecule has 0 saturated carbocycles. The van der Waals surface area contributed by atoms with Crippen LogP contribution in [-0.4, -0.2) is 25.9 Å². The largest absolute Gasteiger partial charge is 0.368 e. The molecule has 1 aromatic rings. The minimum atomic E-state index is -0.280. The molecule has 1 amide bonds. The Bertz CT molecular complexity index is 351. The molecule has 7 nitrogen and oxygen atoms in total. The zero-order chi connectivity index (χ0) is 11.4. The van der Waals surface area contributed by atoms with Crippen LogP contribution in [0.2, 0.25) is 0 Å². The topological polar surface area (TPSA) is 112 Å². The van der Waals surface area contributed by atoms with E-state index in [1.54, 1.807) is 11.6 Å². The van der Waals surface area contributed by atoms with E-state index in [-0.39, 0.29) is 11.2 Å². The van der Waals surface area contributed by atoms with Gasteiger partial charge in [-0.3, -0.25) is 14.8 Å². The Hall–Kier alpha value is -1.28. The van der Waals surface area contributed by atoms with E-state index in [2.05, 4.69) is 15.6 Å². The van der Waals surface area contributed by atoms with Gasteiger partial charge in [0.25, 0.3) is 0 Å². The monoisotopic (exact) mass is 230 g/mol. The number of thioether (sulfide) groups is 1. The van der Waals surface area contributed by atoms with Crippen molar-refractivity contribution in [2.24, 2.45) is 12.9 Å². The molecule has 0 radical (unpaired) electrons. The Kier molecular flexibility index (Phi) is 3.92. The fraction of sp³-hybridized carbons (Fsp3) is 0.571. The van der Waals surface area contributed by atoms with Crippen molar-refractivity contribution in [2.45, 2.75) is 23.8 Å². The molecule has 15 heavy (non-hydrogen) atoms. The molecule has 0 saturated heterocycles. The molecule has 1 aromatic heterocycles. The van der Waals surface area contributed by atoms with Gasteiger partial charge in [-0.1, -0.05) is 18.7 Å². The number of nitrogen functional groups attached to an aromatic ring is 1. The Morgan fingerprint density at radius 3 is 2.73 bits per heavy atom. The highest BCUT2D eigenvalue weighted by Crippen LogP contribution is 2.24. The molecular weight excluding hydrogens is 216 g/mol. The minimum absolute atomic E-state index is 0.232. The number of hydrogen-bond donors (Lipinski definition) is 3. The van der Waals surface area contributed by atoms with Crippen molar-refractivity contribution in [2.75, 3.05) is 5.73 Å². The number of nitrogens with one attached hydrogen (secondary N) is 1. The Labute approximate surface area is 91.6 Å². The maximum atomic E-state index is 11.3. The van der Waals surface area contributed by atoms with Gasteiger partial charge in [-0.05, 0) is 6.42 Å². The summed E-state index contributed by atoms with van der Waals surface area (Å²) in [5, 5.41) is 7.87. The maximum Gasteiger partial charge on any atom is 0.247 e. The molecule has 0 fully saturated rings. The van der Waals surface area contributed by atoms with E-state index in [0.717, 1.165) is 0 Å². The van der Waals surface area contributed by atoms with Gasteiger partial charge in [-0.2, -0.15) is 0 Å². The first-order chi connectivity index (χ1) is 7.10. The first kappa shape index (κ1) is 11.8. The van der Waals surface area contributed by atoms with Gasteiger partial charge in [0.1, 0.15) is 0 Å². The lowest BCUT2D eigenvalue weighted by Crippen LogP contribution is -2.37. The standard InChI is InChI=1S/C7H14N6OS/c1-3-4(5(14)10-9)15-7-12-11-6(8)13(7)2/h4H,3,9H2,1-2H3,(H2,8,11)(H,10,14). The van der Waals surface area contributed by atoms with Crippen LogP contribution in [0.3, 0.4) is 0 Å². The van der Waals surface area contributed by atoms with Crippen molar-refractivity contribution in [1.29, 1.82) is 0 Å². The first-order valence-corrected chi connectivity index (χ1v) is 5.30. The lowest BCUT2D eigenvalue weighted by Gasteiger charge is -2.11. The number of carbonyl (C=O) groups is 1. The highest BCUT2D eigenvalue weighted by molar-refractivity contribution is 8.00. The predicted molar refractivity (Wildman–Crippen MR) is 57.7 cm³/mol. The number of carbonyl (C=O) groups excluding carboxylic acids is 1. The lowest BCUT2D eigenvalue weighted by atomic mass is 10.3. The SMILES string of the molecule is CCC(Sc1nnc(N)n1C)C(=O)NN.